The SMILES string of the molecule is CC(CCNCc1ccc(Cl)cc1)COc1c(I)cc(I)c2cccnc12. The molecular formula is C21H21ClI2N2O. The van der Waals surface area contributed by atoms with Gasteiger partial charge in [0.05, 0.1) is 10.2 Å². The molecule has 0 saturated carbocycles. The fourth-order valence-corrected chi connectivity index (χ4v) is 4.97. The van der Waals surface area contributed by atoms with Crippen LogP contribution >= 0.6 is 56.8 Å². The second kappa shape index (κ2) is 10.2. The molecule has 2 aromatic carbocycles. The lowest BCUT2D eigenvalue weighted by molar-refractivity contribution is 0.252. The number of hydrogen-bond acceptors (Lipinski definition) is 3. The third-order valence-corrected chi connectivity index (χ3v) is 6.26. The van der Waals surface area contributed by atoms with Crippen LogP contribution in [0.4, 0.5) is 0 Å². The van der Waals surface area contributed by atoms with Gasteiger partial charge in [0.1, 0.15) is 5.52 Å². The van der Waals surface area contributed by atoms with Crippen molar-refractivity contribution in [2.75, 3.05) is 13.2 Å². The summed E-state index contributed by atoms with van der Waals surface area (Å²) >= 11 is 10.6. The van der Waals surface area contributed by atoms with Gasteiger partial charge >= 0.3 is 0 Å². The molecule has 0 amide bonds. The molecule has 3 nitrogen and oxygen atoms in total. The number of hydrogen-bond donors (Lipinski definition) is 1. The maximum absolute atomic E-state index is 6.18. The quantitative estimate of drug-likeness (QED) is 0.242. The minimum atomic E-state index is 0.455. The molecule has 0 aliphatic carbocycles. The summed E-state index contributed by atoms with van der Waals surface area (Å²) in [5.74, 6) is 1.35. The lowest BCUT2D eigenvalue weighted by Crippen LogP contribution is -2.19. The normalized spacial score (nSPS) is 12.3. The summed E-state index contributed by atoms with van der Waals surface area (Å²) < 4.78 is 8.49. The first-order valence-corrected chi connectivity index (χ1v) is 11.4. The van der Waals surface area contributed by atoms with E-state index in [9.17, 15) is 0 Å². The molecule has 6 heteroatoms. The number of fused-ring (bicyclic) bond motifs is 1. The fraction of sp³-hybridized carbons (Fsp3) is 0.286. The standard InChI is InChI=1S/C21H21ClI2N2O/c1-14(8-10-25-12-15-4-6-16(22)7-5-15)13-27-21-19(24)11-18(23)17-3-2-9-26-20(17)21/h2-7,9,11,14,25H,8,10,12-13H2,1H3. The summed E-state index contributed by atoms with van der Waals surface area (Å²) in [6, 6.07) is 14.2. The molecule has 1 aromatic heterocycles. The van der Waals surface area contributed by atoms with Crippen molar-refractivity contribution in [2.45, 2.75) is 19.9 Å². The van der Waals surface area contributed by atoms with Gasteiger partial charge in [-0.25, -0.2) is 0 Å². The zero-order valence-corrected chi connectivity index (χ0v) is 20.1. The first-order valence-electron chi connectivity index (χ1n) is 8.85. The molecule has 1 atom stereocenters. The Balaban J connectivity index is 1.50. The van der Waals surface area contributed by atoms with Crippen LogP contribution in [0.1, 0.15) is 18.9 Å². The number of aromatic nitrogens is 1. The number of ether oxygens (including phenoxy) is 1. The average Bonchev–Trinajstić information content (AvgIpc) is 2.66. The molecule has 3 rings (SSSR count). The van der Waals surface area contributed by atoms with Gasteiger partial charge in [-0.15, -0.1) is 0 Å². The monoisotopic (exact) mass is 606 g/mol. The highest BCUT2D eigenvalue weighted by molar-refractivity contribution is 14.1. The number of halogens is 3. The van der Waals surface area contributed by atoms with Gasteiger partial charge in [-0.2, -0.15) is 0 Å². The Kier molecular flexibility index (Phi) is 7.98. The van der Waals surface area contributed by atoms with Crippen LogP contribution in [0.3, 0.4) is 0 Å². The van der Waals surface area contributed by atoms with E-state index < -0.39 is 0 Å². The number of nitrogens with one attached hydrogen (secondary N) is 1. The van der Waals surface area contributed by atoms with E-state index in [1.807, 2.05) is 24.4 Å². The molecule has 0 fully saturated rings. The third-order valence-electron chi connectivity index (χ3n) is 4.32. The van der Waals surface area contributed by atoms with E-state index in [1.54, 1.807) is 0 Å². The smallest absolute Gasteiger partial charge is 0.158 e. The van der Waals surface area contributed by atoms with Crippen molar-refractivity contribution < 1.29 is 4.74 Å². The molecule has 1 heterocycles. The maximum Gasteiger partial charge on any atom is 0.158 e. The van der Waals surface area contributed by atoms with Crippen LogP contribution in [0.5, 0.6) is 5.75 Å². The van der Waals surface area contributed by atoms with Crippen LogP contribution < -0.4 is 10.1 Å². The highest BCUT2D eigenvalue weighted by atomic mass is 127. The van der Waals surface area contributed by atoms with Crippen LogP contribution in [0.2, 0.25) is 5.02 Å². The Morgan fingerprint density at radius 3 is 2.70 bits per heavy atom. The third kappa shape index (κ3) is 5.92. The van der Waals surface area contributed by atoms with E-state index in [2.05, 4.69) is 86.7 Å². The van der Waals surface area contributed by atoms with Crippen LogP contribution in [0.25, 0.3) is 10.9 Å². The molecule has 27 heavy (non-hydrogen) atoms. The minimum absolute atomic E-state index is 0.455. The molecule has 0 aliphatic rings. The molecule has 142 valence electrons. The van der Waals surface area contributed by atoms with Gasteiger partial charge < -0.3 is 10.1 Å². The van der Waals surface area contributed by atoms with Crippen LogP contribution in [-0.4, -0.2) is 18.1 Å². The molecule has 0 radical (unpaired) electrons. The molecule has 0 bridgehead atoms. The van der Waals surface area contributed by atoms with E-state index in [4.69, 9.17) is 16.3 Å². The lowest BCUT2D eigenvalue weighted by atomic mass is 10.1. The Morgan fingerprint density at radius 2 is 1.93 bits per heavy atom. The van der Waals surface area contributed by atoms with Gasteiger partial charge in [0.15, 0.2) is 5.75 Å². The second-order valence-corrected chi connectivity index (χ2v) is 9.34. The largest absolute Gasteiger partial charge is 0.490 e. The van der Waals surface area contributed by atoms with Gasteiger partial charge in [0.25, 0.3) is 0 Å². The van der Waals surface area contributed by atoms with Gasteiger partial charge in [-0.1, -0.05) is 36.7 Å². The molecule has 1 N–H and O–H groups in total. The Labute approximate surface area is 192 Å². The van der Waals surface area contributed by atoms with Crippen molar-refractivity contribution in [3.8, 4) is 5.75 Å². The van der Waals surface area contributed by atoms with Crippen molar-refractivity contribution >= 4 is 67.7 Å². The van der Waals surface area contributed by atoms with Crippen molar-refractivity contribution in [1.82, 2.24) is 10.3 Å². The Bertz CT molecular complexity index is 903. The predicted octanol–water partition coefficient (Wildman–Crippen LogP) is 6.29. The zero-order chi connectivity index (χ0) is 19.2. The topological polar surface area (TPSA) is 34.1 Å². The second-order valence-electron chi connectivity index (χ2n) is 6.58. The van der Waals surface area contributed by atoms with Crippen molar-refractivity contribution in [3.05, 3.63) is 66.4 Å². The Hall–Kier alpha value is -0.640. The van der Waals surface area contributed by atoms with Crippen molar-refractivity contribution in [3.63, 3.8) is 0 Å². The van der Waals surface area contributed by atoms with Crippen molar-refractivity contribution in [2.24, 2.45) is 5.92 Å². The van der Waals surface area contributed by atoms with E-state index in [-0.39, 0.29) is 0 Å². The van der Waals surface area contributed by atoms with E-state index >= 15 is 0 Å². The van der Waals surface area contributed by atoms with Crippen LogP contribution in [0, 0.1) is 13.1 Å². The first kappa shape index (κ1) is 21.1. The number of rotatable bonds is 8. The zero-order valence-electron chi connectivity index (χ0n) is 15.0. The molecule has 0 spiro atoms. The van der Waals surface area contributed by atoms with E-state index in [0.717, 1.165) is 44.8 Å². The first-order chi connectivity index (χ1) is 13.0. The Morgan fingerprint density at radius 1 is 1.15 bits per heavy atom. The molecule has 0 saturated heterocycles. The average molecular weight is 607 g/mol. The highest BCUT2D eigenvalue weighted by Crippen LogP contribution is 2.33. The molecule has 1 unspecified atom stereocenters. The number of pyridine rings is 1. The summed E-state index contributed by atoms with van der Waals surface area (Å²) in [7, 11) is 0. The van der Waals surface area contributed by atoms with Gasteiger partial charge in [0.2, 0.25) is 0 Å². The van der Waals surface area contributed by atoms with Gasteiger partial charge in [-0.05, 0) is 93.9 Å². The van der Waals surface area contributed by atoms with E-state index in [1.165, 1.54) is 9.13 Å². The minimum Gasteiger partial charge on any atom is -0.490 e. The number of nitrogens with zero attached hydrogens (tertiary/aromatic N) is 1. The van der Waals surface area contributed by atoms with Gasteiger partial charge in [-0.3, -0.25) is 4.98 Å². The predicted molar refractivity (Wildman–Crippen MR) is 130 cm³/mol. The molecule has 0 aliphatic heterocycles. The molecular weight excluding hydrogens is 586 g/mol. The maximum atomic E-state index is 6.18. The van der Waals surface area contributed by atoms with E-state index in [0.29, 0.717) is 12.5 Å². The number of benzene rings is 2. The van der Waals surface area contributed by atoms with Crippen molar-refractivity contribution in [1.29, 1.82) is 0 Å². The summed E-state index contributed by atoms with van der Waals surface area (Å²) in [6.07, 6.45) is 2.88. The van der Waals surface area contributed by atoms with Crippen LogP contribution in [0.15, 0.2) is 48.7 Å². The summed E-state index contributed by atoms with van der Waals surface area (Å²) in [4.78, 5) is 4.54. The fourth-order valence-electron chi connectivity index (χ4n) is 2.78. The van der Waals surface area contributed by atoms with Gasteiger partial charge in [0, 0.05) is 26.7 Å². The lowest BCUT2D eigenvalue weighted by Gasteiger charge is -2.16. The molecule has 3 aromatic rings. The summed E-state index contributed by atoms with van der Waals surface area (Å²) in [5.41, 5.74) is 2.19. The van der Waals surface area contributed by atoms with Crippen LogP contribution in [-0.2, 0) is 6.54 Å². The highest BCUT2D eigenvalue weighted by Gasteiger charge is 2.13. The summed E-state index contributed by atoms with van der Waals surface area (Å²) in [6.45, 7) is 4.72. The summed E-state index contributed by atoms with van der Waals surface area (Å²) in [5, 5.41) is 5.40.